The Bertz CT molecular complexity index is 479. The van der Waals surface area contributed by atoms with Gasteiger partial charge in [0.25, 0.3) is 5.91 Å². The van der Waals surface area contributed by atoms with Crippen molar-refractivity contribution in [2.45, 2.75) is 25.2 Å². The second kappa shape index (κ2) is 4.60. The molecule has 0 saturated carbocycles. The highest BCUT2D eigenvalue weighted by Crippen LogP contribution is 2.34. The number of carbonyl (C=O) groups is 3. The first-order valence-corrected chi connectivity index (χ1v) is 5.64. The maximum Gasteiger partial charge on any atom is 0.352 e. The third kappa shape index (κ3) is 1.88. The Morgan fingerprint density at radius 2 is 1.94 bits per heavy atom. The fourth-order valence-electron chi connectivity index (χ4n) is 2.05. The predicted molar refractivity (Wildman–Crippen MR) is 62.3 cm³/mol. The molecule has 5 nitrogen and oxygen atoms in total. The van der Waals surface area contributed by atoms with Crippen LogP contribution in [-0.4, -0.2) is 17.7 Å². The second-order valence-corrected chi connectivity index (χ2v) is 4.29. The number of nitrogens with one attached hydrogen (secondary N) is 1. The standard InChI is InChI=1S/C13H13NO4/c1-9(15)7-8-13(10-5-3-2-4-6-10)11(16)14-18-12(13)17/h2-6H,7-8H2,1H3,(H,14,16). The lowest BCUT2D eigenvalue weighted by Gasteiger charge is -2.21. The summed E-state index contributed by atoms with van der Waals surface area (Å²) < 4.78 is 0. The van der Waals surface area contributed by atoms with Crippen molar-refractivity contribution in [2.75, 3.05) is 0 Å². The van der Waals surface area contributed by atoms with Gasteiger partial charge in [0.1, 0.15) is 5.78 Å². The molecule has 1 heterocycles. The minimum atomic E-state index is -1.40. The van der Waals surface area contributed by atoms with E-state index in [9.17, 15) is 14.4 Å². The van der Waals surface area contributed by atoms with Crippen molar-refractivity contribution < 1.29 is 19.2 Å². The molecule has 0 spiro atoms. The summed E-state index contributed by atoms with van der Waals surface area (Å²) in [4.78, 5) is 39.6. The first-order chi connectivity index (χ1) is 8.57. The van der Waals surface area contributed by atoms with Crippen LogP contribution in [0.1, 0.15) is 25.3 Å². The van der Waals surface area contributed by atoms with Crippen LogP contribution in [0.4, 0.5) is 0 Å². The summed E-state index contributed by atoms with van der Waals surface area (Å²) in [5, 5.41) is 0. The van der Waals surface area contributed by atoms with E-state index in [1.807, 2.05) is 0 Å². The minimum absolute atomic E-state index is 0.0715. The fourth-order valence-corrected chi connectivity index (χ4v) is 2.05. The lowest BCUT2D eigenvalue weighted by atomic mass is 9.76. The first kappa shape index (κ1) is 12.3. The Kier molecular flexibility index (Phi) is 3.14. The Labute approximate surface area is 104 Å². The molecule has 1 amide bonds. The first-order valence-electron chi connectivity index (χ1n) is 5.64. The molecule has 1 fully saturated rings. The smallest absolute Gasteiger partial charge is 0.339 e. The van der Waals surface area contributed by atoms with Gasteiger partial charge < -0.3 is 9.63 Å². The largest absolute Gasteiger partial charge is 0.352 e. The van der Waals surface area contributed by atoms with Crippen molar-refractivity contribution in [3.8, 4) is 0 Å². The van der Waals surface area contributed by atoms with Crippen molar-refractivity contribution in [2.24, 2.45) is 0 Å². The highest BCUT2D eigenvalue weighted by molar-refractivity contribution is 6.12. The molecule has 0 radical (unpaired) electrons. The summed E-state index contributed by atoms with van der Waals surface area (Å²) in [6.45, 7) is 1.43. The van der Waals surface area contributed by atoms with Crippen molar-refractivity contribution >= 4 is 17.7 Å². The summed E-state index contributed by atoms with van der Waals surface area (Å²) >= 11 is 0. The molecule has 94 valence electrons. The molecule has 1 aliphatic heterocycles. The van der Waals surface area contributed by atoms with Crippen LogP contribution >= 0.6 is 0 Å². The van der Waals surface area contributed by atoms with E-state index in [2.05, 4.69) is 10.3 Å². The van der Waals surface area contributed by atoms with Crippen molar-refractivity contribution in [3.63, 3.8) is 0 Å². The number of hydroxylamine groups is 1. The number of hydrogen-bond donors (Lipinski definition) is 1. The molecule has 2 rings (SSSR count). The van der Waals surface area contributed by atoms with Crippen LogP contribution in [0.5, 0.6) is 0 Å². The van der Waals surface area contributed by atoms with Gasteiger partial charge in [-0.3, -0.25) is 4.79 Å². The third-order valence-electron chi connectivity index (χ3n) is 3.09. The van der Waals surface area contributed by atoms with Crippen LogP contribution < -0.4 is 5.48 Å². The number of rotatable bonds is 4. The predicted octanol–water partition coefficient (Wildman–Crippen LogP) is 0.882. The normalized spacial score (nSPS) is 22.5. The summed E-state index contributed by atoms with van der Waals surface area (Å²) in [6.07, 6.45) is 0.272. The summed E-state index contributed by atoms with van der Waals surface area (Å²) in [5.74, 6) is -1.24. The van der Waals surface area contributed by atoms with Crippen LogP contribution in [0, 0.1) is 0 Å². The molecule has 1 aliphatic rings. The van der Waals surface area contributed by atoms with E-state index in [1.165, 1.54) is 6.92 Å². The Balaban J connectivity index is 2.43. The number of hydrogen-bond acceptors (Lipinski definition) is 4. The zero-order chi connectivity index (χ0) is 13.2. The molecule has 1 unspecified atom stereocenters. The topological polar surface area (TPSA) is 72.5 Å². The lowest BCUT2D eigenvalue weighted by molar-refractivity contribution is -0.147. The molecule has 1 aromatic carbocycles. The Morgan fingerprint density at radius 1 is 1.28 bits per heavy atom. The van der Waals surface area contributed by atoms with Crippen molar-refractivity contribution in [1.82, 2.24) is 5.48 Å². The number of carbonyl (C=O) groups excluding carboxylic acids is 3. The number of benzene rings is 1. The molecular weight excluding hydrogens is 234 g/mol. The molecule has 0 aromatic heterocycles. The molecular formula is C13H13NO4. The van der Waals surface area contributed by atoms with E-state index in [-0.39, 0.29) is 18.6 Å². The maximum atomic E-state index is 12.0. The monoisotopic (exact) mass is 247 g/mol. The Morgan fingerprint density at radius 3 is 2.44 bits per heavy atom. The number of ketones is 1. The van der Waals surface area contributed by atoms with Crippen LogP contribution in [0.3, 0.4) is 0 Å². The Hall–Kier alpha value is -2.17. The van der Waals surface area contributed by atoms with E-state index in [0.29, 0.717) is 5.56 Å². The van der Waals surface area contributed by atoms with Gasteiger partial charge in [-0.2, -0.15) is 5.48 Å². The van der Waals surface area contributed by atoms with Crippen LogP contribution in [0.25, 0.3) is 0 Å². The average molecular weight is 247 g/mol. The summed E-state index contributed by atoms with van der Waals surface area (Å²) in [6, 6.07) is 8.65. The molecule has 0 aliphatic carbocycles. The molecule has 1 N–H and O–H groups in total. The maximum absolute atomic E-state index is 12.0. The zero-order valence-corrected chi connectivity index (χ0v) is 9.93. The molecule has 0 bridgehead atoms. The van der Waals surface area contributed by atoms with E-state index < -0.39 is 17.3 Å². The van der Waals surface area contributed by atoms with Gasteiger partial charge in [-0.25, -0.2) is 4.79 Å². The van der Waals surface area contributed by atoms with Gasteiger partial charge in [0.05, 0.1) is 0 Å². The highest BCUT2D eigenvalue weighted by atomic mass is 16.7. The third-order valence-corrected chi connectivity index (χ3v) is 3.09. The van der Waals surface area contributed by atoms with Crippen molar-refractivity contribution in [3.05, 3.63) is 35.9 Å². The van der Waals surface area contributed by atoms with Crippen molar-refractivity contribution in [1.29, 1.82) is 0 Å². The minimum Gasteiger partial charge on any atom is -0.339 e. The van der Waals surface area contributed by atoms with Crippen LogP contribution in [0.2, 0.25) is 0 Å². The molecule has 1 saturated heterocycles. The number of amides is 1. The molecule has 1 atom stereocenters. The van der Waals surface area contributed by atoms with Crippen LogP contribution in [-0.2, 0) is 24.6 Å². The summed E-state index contributed by atoms with van der Waals surface area (Å²) in [5.41, 5.74) is 1.23. The van der Waals surface area contributed by atoms with E-state index in [0.717, 1.165) is 0 Å². The fraction of sp³-hybridized carbons (Fsp3) is 0.308. The highest BCUT2D eigenvalue weighted by Gasteiger charge is 2.54. The SMILES string of the molecule is CC(=O)CCC1(c2ccccc2)C(=O)NOC1=O. The van der Waals surface area contributed by atoms with Gasteiger partial charge in [0, 0.05) is 6.42 Å². The van der Waals surface area contributed by atoms with Gasteiger partial charge >= 0.3 is 5.97 Å². The van der Waals surface area contributed by atoms with Gasteiger partial charge in [0.15, 0.2) is 5.41 Å². The van der Waals surface area contributed by atoms with E-state index >= 15 is 0 Å². The second-order valence-electron chi connectivity index (χ2n) is 4.29. The summed E-state index contributed by atoms with van der Waals surface area (Å²) in [7, 11) is 0. The lowest BCUT2D eigenvalue weighted by Crippen LogP contribution is -2.40. The quantitative estimate of drug-likeness (QED) is 0.802. The van der Waals surface area contributed by atoms with Gasteiger partial charge in [-0.1, -0.05) is 30.3 Å². The van der Waals surface area contributed by atoms with Crippen LogP contribution in [0.15, 0.2) is 30.3 Å². The van der Waals surface area contributed by atoms with E-state index in [4.69, 9.17) is 0 Å². The zero-order valence-electron chi connectivity index (χ0n) is 9.93. The van der Waals surface area contributed by atoms with Gasteiger partial charge in [-0.05, 0) is 18.9 Å². The molecule has 1 aromatic rings. The average Bonchev–Trinajstić information content (AvgIpc) is 2.65. The molecule has 5 heteroatoms. The van der Waals surface area contributed by atoms with E-state index in [1.54, 1.807) is 30.3 Å². The molecule has 18 heavy (non-hydrogen) atoms. The number of Topliss-reactive ketones (excluding diaryl/α,β-unsaturated/α-hetero) is 1. The van der Waals surface area contributed by atoms with Gasteiger partial charge in [0.2, 0.25) is 0 Å². The van der Waals surface area contributed by atoms with Gasteiger partial charge in [-0.15, -0.1) is 0 Å².